The van der Waals surface area contributed by atoms with Gasteiger partial charge in [-0.05, 0) is 52.6 Å². The predicted octanol–water partition coefficient (Wildman–Crippen LogP) is 4.11. The summed E-state index contributed by atoms with van der Waals surface area (Å²) in [6.07, 6.45) is 8.10. The van der Waals surface area contributed by atoms with Crippen LogP contribution in [0.3, 0.4) is 0 Å². The van der Waals surface area contributed by atoms with Crippen LogP contribution in [0.5, 0.6) is 0 Å². The van der Waals surface area contributed by atoms with E-state index in [0.717, 1.165) is 11.0 Å². The number of halogens is 1. The minimum Gasteiger partial charge on any atom is -0.356 e. The Balaban J connectivity index is 1.94. The Morgan fingerprint density at radius 3 is 2.68 bits per heavy atom. The summed E-state index contributed by atoms with van der Waals surface area (Å²) in [4.78, 5) is 15.1. The van der Waals surface area contributed by atoms with Crippen LogP contribution >= 0.6 is 15.9 Å². The first-order valence-corrected chi connectivity index (χ1v) is 7.92. The van der Waals surface area contributed by atoms with E-state index in [1.165, 1.54) is 32.1 Å². The normalized spacial score (nSPS) is 17.9. The van der Waals surface area contributed by atoms with E-state index in [0.29, 0.717) is 17.0 Å². The molecule has 0 atom stereocenters. The van der Waals surface area contributed by atoms with Gasteiger partial charge in [-0.2, -0.15) is 0 Å². The predicted molar refractivity (Wildman–Crippen MR) is 81.2 cm³/mol. The molecule has 3 nitrogen and oxygen atoms in total. The lowest BCUT2D eigenvalue weighted by atomic mass is 9.78. The summed E-state index contributed by atoms with van der Waals surface area (Å²) in [5.74, 6) is 0.690. The van der Waals surface area contributed by atoms with E-state index in [4.69, 9.17) is 0 Å². The van der Waals surface area contributed by atoms with Gasteiger partial charge in [0, 0.05) is 17.2 Å². The zero-order valence-electron chi connectivity index (χ0n) is 11.8. The van der Waals surface area contributed by atoms with Crippen LogP contribution in [-0.2, 0) is 0 Å². The van der Waals surface area contributed by atoms with Crippen molar-refractivity contribution in [1.29, 1.82) is 0 Å². The summed E-state index contributed by atoms with van der Waals surface area (Å²) in [5.41, 5.74) is 0.956. The SMILES string of the molecule is CC(C)CC1(CNC(=O)c2cc(Br)c[nH]2)CCCC1. The largest absolute Gasteiger partial charge is 0.356 e. The van der Waals surface area contributed by atoms with Gasteiger partial charge in [0.05, 0.1) is 0 Å². The molecule has 0 aromatic carbocycles. The summed E-state index contributed by atoms with van der Waals surface area (Å²) < 4.78 is 0.912. The molecule has 0 spiro atoms. The van der Waals surface area contributed by atoms with E-state index in [1.54, 1.807) is 6.20 Å². The van der Waals surface area contributed by atoms with Crippen LogP contribution in [0.15, 0.2) is 16.7 Å². The van der Waals surface area contributed by atoms with Gasteiger partial charge in [-0.25, -0.2) is 0 Å². The second kappa shape index (κ2) is 6.12. The molecule has 2 N–H and O–H groups in total. The van der Waals surface area contributed by atoms with Gasteiger partial charge in [-0.15, -0.1) is 0 Å². The molecule has 4 heteroatoms. The Hall–Kier alpha value is -0.770. The molecular weight excluding hydrogens is 304 g/mol. The fraction of sp³-hybridized carbons (Fsp3) is 0.667. The van der Waals surface area contributed by atoms with Gasteiger partial charge in [0.1, 0.15) is 5.69 Å². The van der Waals surface area contributed by atoms with E-state index in [9.17, 15) is 4.79 Å². The van der Waals surface area contributed by atoms with E-state index in [-0.39, 0.29) is 5.91 Å². The van der Waals surface area contributed by atoms with Crippen molar-refractivity contribution in [2.45, 2.75) is 46.0 Å². The second-order valence-electron chi connectivity index (χ2n) is 6.22. The van der Waals surface area contributed by atoms with Gasteiger partial charge in [0.25, 0.3) is 5.91 Å². The van der Waals surface area contributed by atoms with Gasteiger partial charge in [-0.1, -0.05) is 26.7 Å². The smallest absolute Gasteiger partial charge is 0.267 e. The molecule has 1 fully saturated rings. The maximum Gasteiger partial charge on any atom is 0.267 e. The number of rotatable bonds is 5. The molecule has 0 bridgehead atoms. The second-order valence-corrected chi connectivity index (χ2v) is 7.14. The molecule has 0 saturated heterocycles. The molecule has 2 rings (SSSR count). The third-order valence-electron chi connectivity index (χ3n) is 4.02. The first-order chi connectivity index (χ1) is 9.01. The Labute approximate surface area is 123 Å². The van der Waals surface area contributed by atoms with Crippen LogP contribution in [0.2, 0.25) is 0 Å². The molecule has 1 aliphatic rings. The molecule has 1 heterocycles. The molecule has 1 aliphatic carbocycles. The van der Waals surface area contributed by atoms with Crippen molar-refractivity contribution in [1.82, 2.24) is 10.3 Å². The van der Waals surface area contributed by atoms with Gasteiger partial charge in [-0.3, -0.25) is 4.79 Å². The maximum atomic E-state index is 12.1. The minimum atomic E-state index is 0.000677. The Morgan fingerprint density at radius 2 is 2.16 bits per heavy atom. The average molecular weight is 327 g/mol. The Bertz CT molecular complexity index is 433. The van der Waals surface area contributed by atoms with E-state index in [2.05, 4.69) is 40.1 Å². The molecule has 0 aliphatic heterocycles. The first kappa shape index (κ1) is 14.6. The number of carbonyl (C=O) groups is 1. The molecule has 1 amide bonds. The van der Waals surface area contributed by atoms with Gasteiger partial charge >= 0.3 is 0 Å². The van der Waals surface area contributed by atoms with Gasteiger partial charge in [0.2, 0.25) is 0 Å². The van der Waals surface area contributed by atoms with Crippen molar-refractivity contribution in [2.75, 3.05) is 6.54 Å². The van der Waals surface area contributed by atoms with Crippen LogP contribution in [0.1, 0.15) is 56.4 Å². The van der Waals surface area contributed by atoms with Crippen molar-refractivity contribution < 1.29 is 4.79 Å². The first-order valence-electron chi connectivity index (χ1n) is 7.13. The molecule has 1 aromatic rings. The van der Waals surface area contributed by atoms with Crippen LogP contribution in [0.25, 0.3) is 0 Å². The third-order valence-corrected chi connectivity index (χ3v) is 4.48. The topological polar surface area (TPSA) is 44.9 Å². The zero-order valence-corrected chi connectivity index (χ0v) is 13.3. The lowest BCUT2D eigenvalue weighted by Gasteiger charge is -2.31. The highest BCUT2D eigenvalue weighted by Gasteiger charge is 2.34. The van der Waals surface area contributed by atoms with Crippen LogP contribution in [0, 0.1) is 11.3 Å². The molecule has 1 aromatic heterocycles. The molecule has 106 valence electrons. The van der Waals surface area contributed by atoms with Crippen molar-refractivity contribution in [3.8, 4) is 0 Å². The summed E-state index contributed by atoms with van der Waals surface area (Å²) in [6.45, 7) is 5.34. The summed E-state index contributed by atoms with van der Waals surface area (Å²) >= 11 is 3.35. The Kier molecular flexibility index (Phi) is 4.71. The maximum absolute atomic E-state index is 12.1. The average Bonchev–Trinajstić information content (AvgIpc) is 2.95. The van der Waals surface area contributed by atoms with Crippen molar-refractivity contribution in [3.05, 3.63) is 22.4 Å². The van der Waals surface area contributed by atoms with Crippen LogP contribution in [0.4, 0.5) is 0 Å². The highest BCUT2D eigenvalue weighted by atomic mass is 79.9. The lowest BCUT2D eigenvalue weighted by Crippen LogP contribution is -2.37. The molecule has 0 radical (unpaired) electrons. The summed E-state index contributed by atoms with van der Waals surface area (Å²) in [7, 11) is 0. The summed E-state index contributed by atoms with van der Waals surface area (Å²) in [6, 6.07) is 1.82. The number of aromatic amines is 1. The minimum absolute atomic E-state index is 0.000677. The standard InChI is InChI=1S/C15H23BrN2O/c1-11(2)8-15(5-3-4-6-15)10-18-14(19)13-7-12(16)9-17-13/h7,9,11,17H,3-6,8,10H2,1-2H3,(H,18,19). The number of nitrogens with one attached hydrogen (secondary N) is 2. The van der Waals surface area contributed by atoms with Crippen molar-refractivity contribution >= 4 is 21.8 Å². The highest BCUT2D eigenvalue weighted by molar-refractivity contribution is 9.10. The quantitative estimate of drug-likeness (QED) is 0.840. The number of hydrogen-bond donors (Lipinski definition) is 2. The number of carbonyl (C=O) groups excluding carboxylic acids is 1. The fourth-order valence-corrected chi connectivity index (χ4v) is 3.65. The van der Waals surface area contributed by atoms with Crippen LogP contribution in [-0.4, -0.2) is 17.4 Å². The van der Waals surface area contributed by atoms with Crippen molar-refractivity contribution in [3.63, 3.8) is 0 Å². The number of H-pyrrole nitrogens is 1. The monoisotopic (exact) mass is 326 g/mol. The van der Waals surface area contributed by atoms with E-state index >= 15 is 0 Å². The fourth-order valence-electron chi connectivity index (χ4n) is 3.31. The van der Waals surface area contributed by atoms with Gasteiger partial charge in [0.15, 0.2) is 0 Å². The number of aromatic nitrogens is 1. The third kappa shape index (κ3) is 3.85. The highest BCUT2D eigenvalue weighted by Crippen LogP contribution is 2.42. The number of amides is 1. The van der Waals surface area contributed by atoms with Gasteiger partial charge < -0.3 is 10.3 Å². The molecule has 1 saturated carbocycles. The van der Waals surface area contributed by atoms with E-state index < -0.39 is 0 Å². The zero-order chi connectivity index (χ0) is 13.9. The molecular formula is C15H23BrN2O. The van der Waals surface area contributed by atoms with E-state index in [1.807, 2.05) is 6.07 Å². The van der Waals surface area contributed by atoms with Crippen molar-refractivity contribution in [2.24, 2.45) is 11.3 Å². The Morgan fingerprint density at radius 1 is 1.47 bits per heavy atom. The summed E-state index contributed by atoms with van der Waals surface area (Å²) in [5, 5.41) is 3.11. The number of hydrogen-bond acceptors (Lipinski definition) is 1. The molecule has 19 heavy (non-hydrogen) atoms. The van der Waals surface area contributed by atoms with Crippen LogP contribution < -0.4 is 5.32 Å². The lowest BCUT2D eigenvalue weighted by molar-refractivity contribution is 0.0917. The molecule has 0 unspecified atom stereocenters.